The van der Waals surface area contributed by atoms with Crippen LogP contribution in [0, 0.1) is 0 Å². The number of hydrogen-bond donors (Lipinski definition) is 2. The van der Waals surface area contributed by atoms with Gasteiger partial charge in [-0.15, -0.1) is 0 Å². The maximum atomic E-state index is 12.7. The van der Waals surface area contributed by atoms with Crippen LogP contribution in [0.5, 0.6) is 0 Å². The molecule has 0 radical (unpaired) electrons. The number of hydrogen-bond acceptors (Lipinski definition) is 5. The van der Waals surface area contributed by atoms with Gasteiger partial charge in [-0.3, -0.25) is 9.59 Å². The van der Waals surface area contributed by atoms with Gasteiger partial charge in [0, 0.05) is 30.5 Å². The summed E-state index contributed by atoms with van der Waals surface area (Å²) in [6.07, 6.45) is 3.30. The van der Waals surface area contributed by atoms with Gasteiger partial charge in [-0.1, -0.05) is 6.07 Å². The van der Waals surface area contributed by atoms with Gasteiger partial charge >= 0.3 is 0 Å². The van der Waals surface area contributed by atoms with Crippen LogP contribution >= 0.6 is 0 Å². The number of primary amides is 1. The van der Waals surface area contributed by atoms with Gasteiger partial charge in [-0.05, 0) is 61.4 Å². The zero-order chi connectivity index (χ0) is 22.0. The van der Waals surface area contributed by atoms with Gasteiger partial charge in [0.15, 0.2) is 0 Å². The van der Waals surface area contributed by atoms with E-state index >= 15 is 0 Å². The van der Waals surface area contributed by atoms with Gasteiger partial charge in [-0.25, -0.2) is 13.1 Å². The van der Waals surface area contributed by atoms with Crippen LogP contribution in [0.2, 0.25) is 0 Å². The minimum Gasteiger partial charge on any atom is -0.364 e. The number of aromatic nitrogens is 2. The fourth-order valence-corrected chi connectivity index (χ4v) is 4.94. The first-order chi connectivity index (χ1) is 14.8. The Morgan fingerprint density at radius 2 is 1.71 bits per heavy atom. The van der Waals surface area contributed by atoms with Gasteiger partial charge in [0.25, 0.3) is 11.8 Å². The number of anilines is 1. The highest BCUT2D eigenvalue weighted by atomic mass is 32.2. The van der Waals surface area contributed by atoms with E-state index in [2.05, 4.69) is 10.4 Å². The van der Waals surface area contributed by atoms with Crippen molar-refractivity contribution in [1.29, 1.82) is 0 Å². The molecular formula is C21H21N5O4S. The molecule has 3 N–H and O–H groups in total. The molecule has 1 saturated heterocycles. The van der Waals surface area contributed by atoms with E-state index in [0.717, 1.165) is 12.8 Å². The maximum absolute atomic E-state index is 12.7. The summed E-state index contributed by atoms with van der Waals surface area (Å²) in [7, 11) is -3.60. The molecular weight excluding hydrogens is 418 g/mol. The maximum Gasteiger partial charge on any atom is 0.269 e. The molecule has 0 bridgehead atoms. The minimum atomic E-state index is -3.60. The van der Waals surface area contributed by atoms with Crippen LogP contribution in [0.15, 0.2) is 65.7 Å². The lowest BCUT2D eigenvalue weighted by Gasteiger charge is -2.16. The molecule has 2 amide bonds. The third-order valence-corrected chi connectivity index (χ3v) is 6.92. The highest BCUT2D eigenvalue weighted by Crippen LogP contribution is 2.22. The highest BCUT2D eigenvalue weighted by Gasteiger charge is 2.27. The zero-order valence-electron chi connectivity index (χ0n) is 16.6. The van der Waals surface area contributed by atoms with E-state index in [1.54, 1.807) is 42.6 Å². The number of rotatable bonds is 6. The molecule has 0 atom stereocenters. The highest BCUT2D eigenvalue weighted by molar-refractivity contribution is 7.89. The third-order valence-electron chi connectivity index (χ3n) is 5.03. The van der Waals surface area contributed by atoms with E-state index in [0.29, 0.717) is 24.5 Å². The van der Waals surface area contributed by atoms with Crippen molar-refractivity contribution in [3.63, 3.8) is 0 Å². The number of carbonyl (C=O) groups is 2. The lowest BCUT2D eigenvalue weighted by atomic mass is 10.2. The van der Waals surface area contributed by atoms with Gasteiger partial charge in [0.2, 0.25) is 10.0 Å². The summed E-state index contributed by atoms with van der Waals surface area (Å²) < 4.78 is 28.4. The summed E-state index contributed by atoms with van der Waals surface area (Å²) in [6.45, 7) is 1.00. The molecule has 0 spiro atoms. The molecule has 2 heterocycles. The van der Waals surface area contributed by atoms with E-state index in [1.165, 1.54) is 27.2 Å². The summed E-state index contributed by atoms with van der Waals surface area (Å²) in [5, 5.41) is 6.83. The molecule has 10 heteroatoms. The largest absolute Gasteiger partial charge is 0.364 e. The van der Waals surface area contributed by atoms with E-state index in [1.807, 2.05) is 0 Å². The molecule has 31 heavy (non-hydrogen) atoms. The lowest BCUT2D eigenvalue weighted by Crippen LogP contribution is -2.28. The number of carbonyl (C=O) groups excluding carboxylic acids is 2. The van der Waals surface area contributed by atoms with Crippen molar-refractivity contribution in [1.82, 2.24) is 14.1 Å². The third kappa shape index (κ3) is 4.35. The Morgan fingerprint density at radius 1 is 1.00 bits per heavy atom. The average Bonchev–Trinajstić information content (AvgIpc) is 3.47. The average molecular weight is 439 g/mol. The van der Waals surface area contributed by atoms with Crippen LogP contribution in [0.4, 0.5) is 5.69 Å². The molecule has 3 aromatic rings. The van der Waals surface area contributed by atoms with Crippen LogP contribution in [-0.4, -0.2) is 47.4 Å². The number of nitrogens with one attached hydrogen (secondary N) is 1. The standard InChI is InChI=1S/C21H21N5O4S/c22-20(27)19-10-13-26(24-19)17-8-6-16(7-9-17)23-21(28)15-4-3-5-18(14-15)31(29,30)25-11-1-2-12-25/h3-10,13-14H,1-2,11-12H2,(H2,22,27)(H,23,28). The first-order valence-electron chi connectivity index (χ1n) is 9.72. The van der Waals surface area contributed by atoms with Crippen LogP contribution in [-0.2, 0) is 10.0 Å². The Bertz CT molecular complexity index is 1230. The predicted molar refractivity (Wildman–Crippen MR) is 114 cm³/mol. The van der Waals surface area contributed by atoms with Gasteiger partial charge in [-0.2, -0.15) is 9.40 Å². The van der Waals surface area contributed by atoms with E-state index < -0.39 is 21.8 Å². The Labute approximate surface area is 179 Å². The lowest BCUT2D eigenvalue weighted by molar-refractivity contribution is 0.0993. The van der Waals surface area contributed by atoms with E-state index in [4.69, 9.17) is 5.73 Å². The topological polar surface area (TPSA) is 127 Å². The minimum absolute atomic E-state index is 0.112. The smallest absolute Gasteiger partial charge is 0.269 e. The normalized spacial score (nSPS) is 14.5. The SMILES string of the molecule is NC(=O)c1ccn(-c2ccc(NC(=O)c3cccc(S(=O)(=O)N4CCCC4)c3)cc2)n1. The summed E-state index contributed by atoms with van der Waals surface area (Å²) in [5.41, 5.74) is 6.83. The van der Waals surface area contributed by atoms with Crippen molar-refractivity contribution in [2.75, 3.05) is 18.4 Å². The van der Waals surface area contributed by atoms with Crippen molar-refractivity contribution in [2.24, 2.45) is 5.73 Å². The number of amides is 2. The van der Waals surface area contributed by atoms with E-state index in [9.17, 15) is 18.0 Å². The van der Waals surface area contributed by atoms with Crippen molar-refractivity contribution < 1.29 is 18.0 Å². The second-order valence-corrected chi connectivity index (χ2v) is 9.09. The van der Waals surface area contributed by atoms with Crippen molar-refractivity contribution in [2.45, 2.75) is 17.7 Å². The van der Waals surface area contributed by atoms with Crippen LogP contribution in [0.1, 0.15) is 33.7 Å². The second kappa shape index (κ2) is 8.32. The Morgan fingerprint density at radius 3 is 2.35 bits per heavy atom. The second-order valence-electron chi connectivity index (χ2n) is 7.15. The predicted octanol–water partition coefficient (Wildman–Crippen LogP) is 2.01. The molecule has 0 aliphatic carbocycles. The first kappa shape index (κ1) is 20.8. The fraction of sp³-hybridized carbons (Fsp3) is 0.190. The van der Waals surface area contributed by atoms with E-state index in [-0.39, 0.29) is 16.2 Å². The Hall–Kier alpha value is -3.50. The van der Waals surface area contributed by atoms with Gasteiger partial charge < -0.3 is 11.1 Å². The fourth-order valence-electron chi connectivity index (χ4n) is 3.38. The summed E-state index contributed by atoms with van der Waals surface area (Å²) in [6, 6.07) is 14.4. The molecule has 1 aromatic heterocycles. The summed E-state index contributed by atoms with van der Waals surface area (Å²) >= 11 is 0. The van der Waals surface area contributed by atoms with Crippen molar-refractivity contribution in [3.8, 4) is 5.69 Å². The van der Waals surface area contributed by atoms with Crippen LogP contribution in [0.3, 0.4) is 0 Å². The van der Waals surface area contributed by atoms with Crippen LogP contribution in [0.25, 0.3) is 5.69 Å². The van der Waals surface area contributed by atoms with Gasteiger partial charge in [0.1, 0.15) is 5.69 Å². The van der Waals surface area contributed by atoms with Crippen molar-refractivity contribution in [3.05, 3.63) is 72.1 Å². The quantitative estimate of drug-likeness (QED) is 0.607. The molecule has 9 nitrogen and oxygen atoms in total. The van der Waals surface area contributed by atoms with Gasteiger partial charge in [0.05, 0.1) is 10.6 Å². The summed E-state index contributed by atoms with van der Waals surface area (Å²) in [5.74, 6) is -1.03. The zero-order valence-corrected chi connectivity index (χ0v) is 17.4. The first-order valence-corrected chi connectivity index (χ1v) is 11.2. The van der Waals surface area contributed by atoms with Crippen molar-refractivity contribution >= 4 is 27.5 Å². The summed E-state index contributed by atoms with van der Waals surface area (Å²) in [4.78, 5) is 23.9. The molecule has 0 saturated carbocycles. The molecule has 2 aromatic carbocycles. The molecule has 160 valence electrons. The molecule has 1 fully saturated rings. The van der Waals surface area contributed by atoms with Crippen LogP contribution < -0.4 is 11.1 Å². The molecule has 4 rings (SSSR count). The number of nitrogens with two attached hydrogens (primary N) is 1. The molecule has 1 aliphatic rings. The monoisotopic (exact) mass is 439 g/mol. The molecule has 0 unspecified atom stereocenters. The Balaban J connectivity index is 1.49. The number of nitrogens with zero attached hydrogens (tertiary/aromatic N) is 3. The molecule has 1 aliphatic heterocycles. The number of benzene rings is 2. The number of sulfonamides is 1. The Kier molecular flexibility index (Phi) is 5.57.